The molecule has 4 fully saturated rings. The SMILES string of the molecule is COc1cc(N2CCC3(CC2)CN(C2CN(c4ccc5c(c4)C(=O)N(C4CCC(=O)NC4=O)C5=O)C2)C3)c(C)cc1Nc1ncc(Br)c(Nc2ccc3nccnc3c2P(C)(C)=O)n1. The molecule has 5 aliphatic heterocycles. The van der Waals surface area contributed by atoms with Crippen molar-refractivity contribution in [1.82, 2.24) is 35.1 Å². The van der Waals surface area contributed by atoms with E-state index in [9.17, 15) is 23.7 Å². The molecule has 5 aliphatic rings. The van der Waals surface area contributed by atoms with E-state index in [1.165, 1.54) is 0 Å². The van der Waals surface area contributed by atoms with E-state index in [-0.39, 0.29) is 18.3 Å². The molecular weight excluding hydrogens is 901 g/mol. The van der Waals surface area contributed by atoms with Gasteiger partial charge in [-0.05, 0) is 103 Å². The van der Waals surface area contributed by atoms with E-state index < -0.39 is 36.8 Å². The van der Waals surface area contributed by atoms with Gasteiger partial charge in [0.25, 0.3) is 11.8 Å². The van der Waals surface area contributed by atoms with Crippen LogP contribution >= 0.6 is 23.1 Å². The number of aromatic nitrogens is 4. The molecule has 17 nitrogen and oxygen atoms in total. The first-order valence-electron chi connectivity index (χ1n) is 21.3. The number of aryl methyl sites for hydroxylation is 1. The number of nitrogens with zero attached hydrogens (tertiary/aromatic N) is 8. The normalized spacial score (nSPS) is 20.0. The van der Waals surface area contributed by atoms with Crippen molar-refractivity contribution in [2.75, 3.05) is 80.1 Å². The maximum Gasteiger partial charge on any atom is 0.262 e. The van der Waals surface area contributed by atoms with Crippen LogP contribution in [0.15, 0.2) is 65.5 Å². The highest BCUT2D eigenvalue weighted by Crippen LogP contribution is 2.46. The Morgan fingerprint density at radius 3 is 2.38 bits per heavy atom. The molecule has 64 heavy (non-hydrogen) atoms. The minimum Gasteiger partial charge on any atom is -0.494 e. The molecule has 1 atom stereocenters. The lowest BCUT2D eigenvalue weighted by atomic mass is 9.70. The fraction of sp³-hybridized carbons (Fsp3) is 0.378. The number of carbonyl (C=O) groups is 4. The van der Waals surface area contributed by atoms with Crippen molar-refractivity contribution >= 4 is 97.6 Å². The van der Waals surface area contributed by atoms with Crippen LogP contribution in [-0.2, 0) is 14.2 Å². The third kappa shape index (κ3) is 7.44. The van der Waals surface area contributed by atoms with Gasteiger partial charge in [0.05, 0.1) is 44.9 Å². The summed E-state index contributed by atoms with van der Waals surface area (Å²) >= 11 is 3.58. The molecule has 7 heterocycles. The van der Waals surface area contributed by atoms with Gasteiger partial charge in [0.2, 0.25) is 17.8 Å². The van der Waals surface area contributed by atoms with Crippen molar-refractivity contribution in [3.05, 3.63) is 82.2 Å². The number of hydrogen-bond donors (Lipinski definition) is 3. The number of imide groups is 2. The number of carbonyl (C=O) groups excluding carboxylic acids is 4. The number of benzene rings is 3. The van der Waals surface area contributed by atoms with Gasteiger partial charge in [-0.2, -0.15) is 4.98 Å². The van der Waals surface area contributed by atoms with E-state index in [0.717, 1.165) is 79.6 Å². The average molecular weight is 949 g/mol. The van der Waals surface area contributed by atoms with E-state index in [1.807, 2.05) is 18.2 Å². The second-order valence-electron chi connectivity index (χ2n) is 17.8. The number of methoxy groups -OCH3 is 1. The fourth-order valence-electron chi connectivity index (χ4n) is 9.88. The van der Waals surface area contributed by atoms with E-state index in [4.69, 9.17) is 9.72 Å². The largest absolute Gasteiger partial charge is 0.494 e. The van der Waals surface area contributed by atoms with Crippen LogP contribution in [-0.4, -0.2) is 125 Å². The Kier molecular flexibility index (Phi) is 10.5. The molecule has 4 saturated heterocycles. The number of nitrogens with one attached hydrogen (secondary N) is 3. The van der Waals surface area contributed by atoms with Crippen LogP contribution in [0.5, 0.6) is 5.75 Å². The minimum absolute atomic E-state index is 0.0893. The summed E-state index contributed by atoms with van der Waals surface area (Å²) < 4.78 is 20.0. The first-order valence-corrected chi connectivity index (χ1v) is 24.7. The van der Waals surface area contributed by atoms with Gasteiger partial charge in [-0.15, -0.1) is 0 Å². The first kappa shape index (κ1) is 42.0. The lowest BCUT2D eigenvalue weighted by molar-refractivity contribution is -0.136. The molecule has 2 aromatic heterocycles. The number of halogens is 1. The zero-order valence-electron chi connectivity index (χ0n) is 35.9. The Morgan fingerprint density at radius 1 is 0.891 bits per heavy atom. The van der Waals surface area contributed by atoms with Crippen LogP contribution in [0, 0.1) is 12.3 Å². The van der Waals surface area contributed by atoms with E-state index in [2.05, 4.69) is 80.6 Å². The Morgan fingerprint density at radius 2 is 1.64 bits per heavy atom. The van der Waals surface area contributed by atoms with Gasteiger partial charge in [-0.25, -0.2) is 4.98 Å². The molecule has 0 bridgehead atoms. The standard InChI is InChI=1S/C45H47BrN11O6P/c1-25-17-33(51-44-49-20-30(46)40(53-44)50-32-8-7-31-38(48-14-13-47-31)39(32)64(3,4)62)36(63-2)19-35(25)54-15-11-45(12-16-54)23-56(24-45)27-21-55(22-27)26-5-6-28-29(18-26)43(61)57(42(28)60)34-9-10-37(58)52-41(34)59/h5-8,13-14,17-20,27,34H,9-12,15-16,21-24H2,1-4H3,(H,52,58,59)(H2,49,50,51,53). The molecular formula is C45H47BrN11O6P. The average Bonchev–Trinajstić information content (AvgIpc) is 3.48. The first-order chi connectivity index (χ1) is 30.7. The monoisotopic (exact) mass is 947 g/mol. The summed E-state index contributed by atoms with van der Waals surface area (Å²) in [6.45, 7) is 11.2. The van der Waals surface area contributed by atoms with Gasteiger partial charge in [0, 0.05) is 87.8 Å². The summed E-state index contributed by atoms with van der Waals surface area (Å²) in [6.07, 6.45) is 7.28. The second kappa shape index (κ2) is 15.9. The molecule has 3 aromatic carbocycles. The summed E-state index contributed by atoms with van der Waals surface area (Å²) in [6, 6.07) is 12.6. The number of likely N-dealkylation sites (tertiary alicyclic amines) is 1. The second-order valence-corrected chi connectivity index (χ2v) is 21.8. The van der Waals surface area contributed by atoms with Crippen molar-refractivity contribution in [2.24, 2.45) is 5.41 Å². The van der Waals surface area contributed by atoms with E-state index in [1.54, 1.807) is 51.2 Å². The van der Waals surface area contributed by atoms with E-state index >= 15 is 0 Å². The van der Waals surface area contributed by atoms with Gasteiger partial charge in [-0.3, -0.25) is 44.3 Å². The van der Waals surface area contributed by atoms with Crippen LogP contribution in [0.1, 0.15) is 52.0 Å². The highest BCUT2D eigenvalue weighted by molar-refractivity contribution is 9.10. The van der Waals surface area contributed by atoms with Gasteiger partial charge in [-0.1, -0.05) is 0 Å². The predicted molar refractivity (Wildman–Crippen MR) is 247 cm³/mol. The Labute approximate surface area is 377 Å². The van der Waals surface area contributed by atoms with Crippen molar-refractivity contribution in [1.29, 1.82) is 0 Å². The molecule has 10 rings (SSSR count). The number of anilines is 6. The number of fused-ring (bicyclic) bond motifs is 2. The third-order valence-corrected chi connectivity index (χ3v) is 15.4. The summed E-state index contributed by atoms with van der Waals surface area (Å²) in [4.78, 5) is 77.1. The molecule has 19 heteroatoms. The van der Waals surface area contributed by atoms with Gasteiger partial charge >= 0.3 is 0 Å². The summed E-state index contributed by atoms with van der Waals surface area (Å²) in [5.41, 5.74) is 6.62. The topological polar surface area (TPSA) is 195 Å². The van der Waals surface area contributed by atoms with Crippen LogP contribution in [0.4, 0.5) is 34.5 Å². The summed E-state index contributed by atoms with van der Waals surface area (Å²) in [5.74, 6) is -0.457. The Hall–Kier alpha value is -5.97. The molecule has 0 radical (unpaired) electrons. The summed E-state index contributed by atoms with van der Waals surface area (Å²) in [7, 11) is -1.12. The highest BCUT2D eigenvalue weighted by Gasteiger charge is 2.50. The van der Waals surface area contributed by atoms with Crippen LogP contribution in [0.2, 0.25) is 0 Å². The van der Waals surface area contributed by atoms with Crippen LogP contribution < -0.4 is 35.8 Å². The summed E-state index contributed by atoms with van der Waals surface area (Å²) in [5, 5.41) is 9.57. The number of ether oxygens (including phenoxy) is 1. The van der Waals surface area contributed by atoms with Crippen LogP contribution in [0.25, 0.3) is 11.0 Å². The maximum atomic E-state index is 13.5. The smallest absolute Gasteiger partial charge is 0.262 e. The molecule has 0 aliphatic carbocycles. The Balaban J connectivity index is 0.749. The van der Waals surface area contributed by atoms with Crippen molar-refractivity contribution in [2.45, 2.75) is 44.7 Å². The zero-order chi connectivity index (χ0) is 44.7. The maximum absolute atomic E-state index is 13.5. The van der Waals surface area contributed by atoms with Crippen molar-refractivity contribution in [3.8, 4) is 5.75 Å². The minimum atomic E-state index is -2.78. The number of rotatable bonds is 10. The quantitative estimate of drug-likeness (QED) is 0.118. The highest BCUT2D eigenvalue weighted by atomic mass is 79.9. The lowest BCUT2D eigenvalue weighted by Crippen LogP contribution is -2.70. The molecule has 1 spiro atoms. The number of amides is 4. The number of hydrogen-bond acceptors (Lipinski definition) is 15. The van der Waals surface area contributed by atoms with Gasteiger partial charge in [0.15, 0.2) is 0 Å². The van der Waals surface area contributed by atoms with E-state index in [0.29, 0.717) is 61.2 Å². The third-order valence-electron chi connectivity index (χ3n) is 13.3. The van der Waals surface area contributed by atoms with Crippen molar-refractivity contribution < 1.29 is 28.5 Å². The molecule has 330 valence electrons. The molecule has 0 saturated carbocycles. The molecule has 3 N–H and O–H groups in total. The predicted octanol–water partition coefficient (Wildman–Crippen LogP) is 5.43. The number of piperidine rings is 2. The van der Waals surface area contributed by atoms with Crippen LogP contribution in [0.3, 0.4) is 0 Å². The molecule has 4 amide bonds. The van der Waals surface area contributed by atoms with Crippen molar-refractivity contribution in [3.63, 3.8) is 0 Å². The van der Waals surface area contributed by atoms with Gasteiger partial charge < -0.3 is 29.7 Å². The molecule has 1 unspecified atom stereocenters. The zero-order valence-corrected chi connectivity index (χ0v) is 38.3. The fourth-order valence-corrected chi connectivity index (χ4v) is 11.6. The Bertz CT molecular complexity index is 2830. The lowest BCUT2D eigenvalue weighted by Gasteiger charge is -2.60. The molecule has 5 aromatic rings. The van der Waals surface area contributed by atoms with Gasteiger partial charge in [0.1, 0.15) is 30.3 Å².